The van der Waals surface area contributed by atoms with E-state index in [4.69, 9.17) is 11.6 Å². The lowest BCUT2D eigenvalue weighted by Gasteiger charge is -2.03. The molecule has 0 radical (unpaired) electrons. The fraction of sp³-hybridized carbons (Fsp3) is 0. The average molecular weight is 251 g/mol. The van der Waals surface area contributed by atoms with E-state index in [2.05, 4.69) is 9.97 Å². The van der Waals surface area contributed by atoms with Crippen LogP contribution in [0.25, 0.3) is 0 Å². The number of aromatic nitrogens is 2. The Bertz CT molecular complexity index is 505. The van der Waals surface area contributed by atoms with Gasteiger partial charge in [-0.1, -0.05) is 11.6 Å². The molecular weight excluding hydrogens is 244 g/mol. The minimum Gasteiger partial charge on any atom is -0.298 e. The molecule has 16 heavy (non-hydrogen) atoms. The van der Waals surface area contributed by atoms with Gasteiger partial charge in [-0.15, -0.1) is 0 Å². The second-order valence-electron chi connectivity index (χ2n) is 2.93. The zero-order valence-electron chi connectivity index (χ0n) is 8.13. The van der Waals surface area contributed by atoms with Crippen molar-refractivity contribution in [2.75, 3.05) is 0 Å². The standard InChI is InChI=1S/C11H7ClN2OS/c12-9-3-2-8(7-15)10(6-9)16-11-13-4-1-5-14-11/h1-7H. The lowest BCUT2D eigenvalue weighted by atomic mass is 10.2. The van der Waals surface area contributed by atoms with Crippen molar-refractivity contribution >= 4 is 29.6 Å². The number of halogens is 1. The molecule has 0 N–H and O–H groups in total. The number of hydrogen-bond donors (Lipinski definition) is 0. The number of aldehydes is 1. The maximum Gasteiger partial charge on any atom is 0.192 e. The van der Waals surface area contributed by atoms with Crippen molar-refractivity contribution in [3.63, 3.8) is 0 Å². The summed E-state index contributed by atoms with van der Waals surface area (Å²) >= 11 is 7.18. The minimum atomic E-state index is 0.585. The minimum absolute atomic E-state index is 0.585. The molecule has 0 bridgehead atoms. The van der Waals surface area contributed by atoms with Gasteiger partial charge in [0.05, 0.1) is 0 Å². The van der Waals surface area contributed by atoms with E-state index in [0.29, 0.717) is 15.7 Å². The van der Waals surface area contributed by atoms with Crippen molar-refractivity contribution < 1.29 is 4.79 Å². The van der Waals surface area contributed by atoms with Crippen LogP contribution in [0.15, 0.2) is 46.7 Å². The number of rotatable bonds is 3. The molecule has 0 saturated carbocycles. The normalized spacial score (nSPS) is 10.1. The van der Waals surface area contributed by atoms with E-state index in [9.17, 15) is 4.79 Å². The smallest absolute Gasteiger partial charge is 0.192 e. The topological polar surface area (TPSA) is 42.9 Å². The Morgan fingerprint density at radius 2 is 2.00 bits per heavy atom. The second kappa shape index (κ2) is 5.09. The van der Waals surface area contributed by atoms with E-state index in [1.807, 2.05) is 0 Å². The SMILES string of the molecule is O=Cc1ccc(Cl)cc1Sc1ncccn1. The molecule has 5 heteroatoms. The number of benzene rings is 1. The molecule has 2 rings (SSSR count). The molecule has 0 aliphatic rings. The molecule has 0 fully saturated rings. The maximum absolute atomic E-state index is 10.8. The highest BCUT2D eigenvalue weighted by atomic mass is 35.5. The lowest BCUT2D eigenvalue weighted by Crippen LogP contribution is -1.88. The highest BCUT2D eigenvalue weighted by molar-refractivity contribution is 7.99. The van der Waals surface area contributed by atoms with E-state index in [1.54, 1.807) is 36.7 Å². The van der Waals surface area contributed by atoms with Crippen molar-refractivity contribution in [1.82, 2.24) is 9.97 Å². The first kappa shape index (κ1) is 11.1. The zero-order valence-corrected chi connectivity index (χ0v) is 9.70. The van der Waals surface area contributed by atoms with E-state index in [1.165, 1.54) is 11.8 Å². The van der Waals surface area contributed by atoms with Gasteiger partial charge in [0.25, 0.3) is 0 Å². The highest BCUT2D eigenvalue weighted by Crippen LogP contribution is 2.29. The van der Waals surface area contributed by atoms with E-state index in [0.717, 1.165) is 11.2 Å². The van der Waals surface area contributed by atoms with E-state index >= 15 is 0 Å². The monoisotopic (exact) mass is 250 g/mol. The van der Waals surface area contributed by atoms with Crippen LogP contribution in [0, 0.1) is 0 Å². The Labute approximate surface area is 102 Å². The van der Waals surface area contributed by atoms with Crippen LogP contribution in [0.4, 0.5) is 0 Å². The van der Waals surface area contributed by atoms with Crippen LogP contribution in [0.1, 0.15) is 10.4 Å². The first-order chi connectivity index (χ1) is 7.79. The number of carbonyl (C=O) groups excluding carboxylic acids is 1. The Morgan fingerprint density at radius 1 is 1.25 bits per heavy atom. The van der Waals surface area contributed by atoms with Crippen molar-refractivity contribution in [1.29, 1.82) is 0 Å². The number of nitrogens with zero attached hydrogens (tertiary/aromatic N) is 2. The summed E-state index contributed by atoms with van der Waals surface area (Å²) in [7, 11) is 0. The first-order valence-electron chi connectivity index (χ1n) is 4.49. The van der Waals surface area contributed by atoms with Crippen molar-refractivity contribution in [3.8, 4) is 0 Å². The van der Waals surface area contributed by atoms with Crippen LogP contribution in [0.3, 0.4) is 0 Å². The Kier molecular flexibility index (Phi) is 3.54. The third-order valence-corrected chi connectivity index (χ3v) is 3.05. The van der Waals surface area contributed by atoms with E-state index < -0.39 is 0 Å². The summed E-state index contributed by atoms with van der Waals surface area (Å²) in [6, 6.07) is 6.83. The predicted molar refractivity (Wildman–Crippen MR) is 63.0 cm³/mol. The first-order valence-corrected chi connectivity index (χ1v) is 5.68. The molecule has 0 unspecified atom stereocenters. The third kappa shape index (κ3) is 2.59. The molecule has 0 aliphatic carbocycles. The molecule has 0 aliphatic heterocycles. The highest BCUT2D eigenvalue weighted by Gasteiger charge is 2.06. The van der Waals surface area contributed by atoms with Crippen molar-refractivity contribution in [3.05, 3.63) is 47.2 Å². The van der Waals surface area contributed by atoms with Gasteiger partial charge < -0.3 is 0 Å². The molecular formula is C11H7ClN2OS. The van der Waals surface area contributed by atoms with Crippen molar-refractivity contribution in [2.45, 2.75) is 10.1 Å². The molecule has 3 nitrogen and oxygen atoms in total. The van der Waals surface area contributed by atoms with Crippen LogP contribution in [0.2, 0.25) is 5.02 Å². The average Bonchev–Trinajstić information content (AvgIpc) is 2.31. The van der Waals surface area contributed by atoms with Gasteiger partial charge in [0, 0.05) is 27.9 Å². The van der Waals surface area contributed by atoms with Gasteiger partial charge in [-0.2, -0.15) is 0 Å². The number of hydrogen-bond acceptors (Lipinski definition) is 4. The second-order valence-corrected chi connectivity index (χ2v) is 4.38. The quantitative estimate of drug-likeness (QED) is 0.620. The Hall–Kier alpha value is -1.39. The zero-order chi connectivity index (χ0) is 11.4. The largest absolute Gasteiger partial charge is 0.298 e. The summed E-state index contributed by atoms with van der Waals surface area (Å²) in [6.07, 6.45) is 4.10. The number of carbonyl (C=O) groups is 1. The van der Waals surface area contributed by atoms with Crippen LogP contribution in [-0.2, 0) is 0 Å². The molecule has 1 aromatic carbocycles. The fourth-order valence-corrected chi connectivity index (χ4v) is 2.21. The molecule has 0 spiro atoms. The lowest BCUT2D eigenvalue weighted by molar-refractivity contribution is 0.112. The maximum atomic E-state index is 10.8. The summed E-state index contributed by atoms with van der Waals surface area (Å²) in [5, 5.41) is 1.18. The van der Waals surface area contributed by atoms with Gasteiger partial charge >= 0.3 is 0 Å². The van der Waals surface area contributed by atoms with Crippen LogP contribution in [-0.4, -0.2) is 16.3 Å². The van der Waals surface area contributed by atoms with E-state index in [-0.39, 0.29) is 0 Å². The summed E-state index contributed by atoms with van der Waals surface area (Å²) in [5.41, 5.74) is 0.585. The molecule has 0 amide bonds. The molecule has 0 atom stereocenters. The van der Waals surface area contributed by atoms with Gasteiger partial charge in [0.15, 0.2) is 11.4 Å². The molecule has 1 heterocycles. The predicted octanol–water partition coefficient (Wildman–Crippen LogP) is 3.09. The van der Waals surface area contributed by atoms with Gasteiger partial charge in [-0.3, -0.25) is 4.79 Å². The summed E-state index contributed by atoms with van der Waals surface area (Å²) in [4.78, 5) is 19.7. The molecule has 2 aromatic rings. The molecule has 80 valence electrons. The Morgan fingerprint density at radius 3 is 2.69 bits per heavy atom. The Balaban J connectivity index is 2.33. The summed E-state index contributed by atoms with van der Waals surface area (Å²) in [6.45, 7) is 0. The van der Waals surface area contributed by atoms with Gasteiger partial charge in [-0.05, 0) is 36.0 Å². The summed E-state index contributed by atoms with van der Waals surface area (Å²) < 4.78 is 0. The summed E-state index contributed by atoms with van der Waals surface area (Å²) in [5.74, 6) is 0. The van der Waals surface area contributed by atoms with Gasteiger partial charge in [0.1, 0.15) is 0 Å². The molecule has 1 aromatic heterocycles. The fourth-order valence-electron chi connectivity index (χ4n) is 1.13. The van der Waals surface area contributed by atoms with Crippen molar-refractivity contribution in [2.24, 2.45) is 0 Å². The van der Waals surface area contributed by atoms with Crippen LogP contribution < -0.4 is 0 Å². The van der Waals surface area contributed by atoms with Crippen LogP contribution in [0.5, 0.6) is 0 Å². The van der Waals surface area contributed by atoms with Crippen LogP contribution >= 0.6 is 23.4 Å². The van der Waals surface area contributed by atoms with Gasteiger partial charge in [-0.25, -0.2) is 9.97 Å². The third-order valence-electron chi connectivity index (χ3n) is 1.85. The van der Waals surface area contributed by atoms with Gasteiger partial charge in [0.2, 0.25) is 0 Å². The molecule has 0 saturated heterocycles.